The van der Waals surface area contributed by atoms with Crippen LogP contribution < -0.4 is 4.80 Å². The predicted octanol–water partition coefficient (Wildman–Crippen LogP) is 2.21. The lowest BCUT2D eigenvalue weighted by molar-refractivity contribution is -0.384. The minimum atomic E-state index is -0.454. The largest absolute Gasteiger partial charge is 0.383 e. The number of non-ortho nitro benzene ring substituents is 1. The van der Waals surface area contributed by atoms with Crippen LogP contribution in [0.2, 0.25) is 0 Å². The van der Waals surface area contributed by atoms with Gasteiger partial charge in [-0.2, -0.15) is 10.1 Å². The second-order valence-electron chi connectivity index (χ2n) is 5.41. The van der Waals surface area contributed by atoms with Crippen LogP contribution >= 0.6 is 11.3 Å². The van der Waals surface area contributed by atoms with Gasteiger partial charge in [0.25, 0.3) is 11.6 Å². The van der Waals surface area contributed by atoms with Crippen LogP contribution in [-0.4, -0.2) is 38.9 Å². The quantitative estimate of drug-likeness (QED) is 0.485. The van der Waals surface area contributed by atoms with Gasteiger partial charge in [0.1, 0.15) is 0 Å². The molecule has 1 amide bonds. The monoisotopic (exact) mass is 375 g/mol. The number of rotatable bonds is 6. The second kappa shape index (κ2) is 7.58. The average molecular weight is 375 g/mol. The third kappa shape index (κ3) is 3.55. The third-order valence-electron chi connectivity index (χ3n) is 3.78. The van der Waals surface area contributed by atoms with Gasteiger partial charge < -0.3 is 9.30 Å². The first-order valence-corrected chi connectivity index (χ1v) is 8.74. The Labute approximate surface area is 152 Å². The molecule has 1 aromatic carbocycles. The zero-order valence-corrected chi connectivity index (χ0v) is 15.1. The molecule has 0 bridgehead atoms. The van der Waals surface area contributed by atoms with Gasteiger partial charge in [0.15, 0.2) is 10.5 Å². The number of fused-ring (bicyclic) bond motifs is 1. The standard InChI is InChI=1S/C16H17N5O4S/c1-3-19-7-6-12(18-19)15(22)17-16-20(8-9-25-2)13-5-4-11(21(23)24)10-14(13)26-16/h4-7,10H,3,8-9H2,1-2H3. The molecule has 10 heteroatoms. The van der Waals surface area contributed by atoms with E-state index in [1.807, 2.05) is 11.5 Å². The molecule has 2 heterocycles. The molecule has 0 unspecified atom stereocenters. The van der Waals surface area contributed by atoms with Crippen LogP contribution in [0.4, 0.5) is 5.69 Å². The average Bonchev–Trinajstić information content (AvgIpc) is 3.23. The smallest absolute Gasteiger partial charge is 0.300 e. The summed E-state index contributed by atoms with van der Waals surface area (Å²) in [5, 5.41) is 15.2. The summed E-state index contributed by atoms with van der Waals surface area (Å²) in [7, 11) is 1.58. The van der Waals surface area contributed by atoms with Crippen LogP contribution in [0.1, 0.15) is 17.4 Å². The van der Waals surface area contributed by atoms with E-state index in [0.717, 1.165) is 5.52 Å². The number of nitro groups is 1. The fraction of sp³-hybridized carbons (Fsp3) is 0.312. The first-order valence-electron chi connectivity index (χ1n) is 7.92. The number of nitrogens with zero attached hydrogens (tertiary/aromatic N) is 5. The Morgan fingerprint density at radius 1 is 1.42 bits per heavy atom. The van der Waals surface area contributed by atoms with Crippen molar-refractivity contribution in [1.29, 1.82) is 0 Å². The van der Waals surface area contributed by atoms with E-state index in [9.17, 15) is 14.9 Å². The predicted molar refractivity (Wildman–Crippen MR) is 96.1 cm³/mol. The van der Waals surface area contributed by atoms with Crippen molar-refractivity contribution in [2.45, 2.75) is 20.0 Å². The van der Waals surface area contributed by atoms with E-state index in [0.29, 0.717) is 29.2 Å². The molecule has 0 aliphatic heterocycles. The van der Waals surface area contributed by atoms with Gasteiger partial charge in [0, 0.05) is 38.5 Å². The van der Waals surface area contributed by atoms with E-state index >= 15 is 0 Å². The maximum Gasteiger partial charge on any atom is 0.300 e. The molecular weight excluding hydrogens is 358 g/mol. The molecule has 0 atom stereocenters. The topological polar surface area (TPSA) is 105 Å². The number of amides is 1. The van der Waals surface area contributed by atoms with Crippen LogP contribution in [0.15, 0.2) is 35.5 Å². The maximum absolute atomic E-state index is 12.4. The number of benzene rings is 1. The van der Waals surface area contributed by atoms with Gasteiger partial charge in [0.2, 0.25) is 0 Å². The summed E-state index contributed by atoms with van der Waals surface area (Å²) in [6.45, 7) is 3.49. The fourth-order valence-corrected chi connectivity index (χ4v) is 3.54. The fourth-order valence-electron chi connectivity index (χ4n) is 2.46. The molecule has 26 heavy (non-hydrogen) atoms. The van der Waals surface area contributed by atoms with Crippen molar-refractivity contribution in [2.75, 3.05) is 13.7 Å². The van der Waals surface area contributed by atoms with Crippen molar-refractivity contribution < 1.29 is 14.5 Å². The molecule has 0 saturated carbocycles. The molecule has 2 aromatic heterocycles. The molecule has 0 N–H and O–H groups in total. The minimum absolute atomic E-state index is 0.00259. The van der Waals surface area contributed by atoms with Gasteiger partial charge in [-0.1, -0.05) is 11.3 Å². The number of hydrogen-bond acceptors (Lipinski definition) is 6. The first kappa shape index (κ1) is 18.0. The molecule has 0 aliphatic carbocycles. The minimum Gasteiger partial charge on any atom is -0.383 e. The van der Waals surface area contributed by atoms with E-state index in [4.69, 9.17) is 4.74 Å². The van der Waals surface area contributed by atoms with E-state index in [2.05, 4.69) is 10.1 Å². The van der Waals surface area contributed by atoms with E-state index in [1.54, 1.807) is 30.1 Å². The Kier molecular flexibility index (Phi) is 5.24. The summed E-state index contributed by atoms with van der Waals surface area (Å²) in [6, 6.07) is 6.20. The van der Waals surface area contributed by atoms with Gasteiger partial charge in [-0.05, 0) is 19.1 Å². The van der Waals surface area contributed by atoms with Crippen molar-refractivity contribution in [1.82, 2.24) is 14.3 Å². The van der Waals surface area contributed by atoms with Crippen LogP contribution in [-0.2, 0) is 17.8 Å². The van der Waals surface area contributed by atoms with Crippen LogP contribution in [0.3, 0.4) is 0 Å². The maximum atomic E-state index is 12.4. The lowest BCUT2D eigenvalue weighted by atomic mass is 10.3. The van der Waals surface area contributed by atoms with E-state index in [1.165, 1.54) is 23.5 Å². The van der Waals surface area contributed by atoms with Gasteiger partial charge in [-0.25, -0.2) is 0 Å². The number of carbonyl (C=O) groups excluding carboxylic acids is 1. The van der Waals surface area contributed by atoms with Crippen molar-refractivity contribution in [2.24, 2.45) is 4.99 Å². The number of methoxy groups -OCH3 is 1. The molecule has 0 fully saturated rings. The molecule has 3 rings (SSSR count). The highest BCUT2D eigenvalue weighted by Crippen LogP contribution is 2.23. The van der Waals surface area contributed by atoms with E-state index in [-0.39, 0.29) is 11.4 Å². The number of nitro benzene ring substituents is 1. The lowest BCUT2D eigenvalue weighted by Crippen LogP contribution is -2.19. The molecule has 0 aliphatic rings. The first-order chi connectivity index (χ1) is 12.5. The Balaban J connectivity index is 2.09. The number of hydrogen-bond donors (Lipinski definition) is 0. The molecule has 0 saturated heterocycles. The number of aryl methyl sites for hydroxylation is 1. The highest BCUT2D eigenvalue weighted by molar-refractivity contribution is 7.16. The highest BCUT2D eigenvalue weighted by Gasteiger charge is 2.14. The summed E-state index contributed by atoms with van der Waals surface area (Å²) in [5.74, 6) is -0.454. The van der Waals surface area contributed by atoms with Crippen LogP contribution in [0.25, 0.3) is 10.2 Å². The second-order valence-corrected chi connectivity index (χ2v) is 6.42. The van der Waals surface area contributed by atoms with Crippen molar-refractivity contribution >= 4 is 33.1 Å². The Morgan fingerprint density at radius 2 is 2.23 bits per heavy atom. The third-order valence-corrected chi connectivity index (χ3v) is 4.82. The number of aromatic nitrogens is 3. The van der Waals surface area contributed by atoms with Crippen molar-refractivity contribution in [3.63, 3.8) is 0 Å². The van der Waals surface area contributed by atoms with Gasteiger partial charge in [-0.15, -0.1) is 0 Å². The molecule has 136 valence electrons. The summed E-state index contributed by atoms with van der Waals surface area (Å²) in [5.41, 5.74) is 1.02. The zero-order chi connectivity index (χ0) is 18.7. The molecule has 9 nitrogen and oxygen atoms in total. The molecule has 0 spiro atoms. The van der Waals surface area contributed by atoms with Crippen molar-refractivity contribution in [3.8, 4) is 0 Å². The lowest BCUT2D eigenvalue weighted by Gasteiger charge is -2.03. The molecular formula is C16H17N5O4S. The van der Waals surface area contributed by atoms with Gasteiger partial charge in [-0.3, -0.25) is 19.6 Å². The van der Waals surface area contributed by atoms with Gasteiger partial charge >= 0.3 is 0 Å². The Morgan fingerprint density at radius 3 is 2.88 bits per heavy atom. The summed E-state index contributed by atoms with van der Waals surface area (Å²) < 4.78 is 9.27. The van der Waals surface area contributed by atoms with E-state index < -0.39 is 10.8 Å². The summed E-state index contributed by atoms with van der Waals surface area (Å²) >= 11 is 1.22. The SMILES string of the molecule is CCn1ccc(C(=O)N=c2sc3cc([N+](=O)[O-])ccc3n2CCOC)n1. The highest BCUT2D eigenvalue weighted by atomic mass is 32.1. The summed E-state index contributed by atoms with van der Waals surface area (Å²) in [6.07, 6.45) is 1.72. The number of thiazole rings is 1. The van der Waals surface area contributed by atoms with Gasteiger partial charge in [0.05, 0.1) is 21.7 Å². The Hall–Kier alpha value is -2.85. The molecule has 3 aromatic rings. The number of ether oxygens (including phenoxy) is 1. The van der Waals surface area contributed by atoms with Crippen molar-refractivity contribution in [3.05, 3.63) is 51.1 Å². The normalized spacial score (nSPS) is 12.0. The summed E-state index contributed by atoms with van der Waals surface area (Å²) in [4.78, 5) is 27.6. The van der Waals surface area contributed by atoms with Crippen LogP contribution in [0.5, 0.6) is 0 Å². The number of carbonyl (C=O) groups is 1. The molecule has 0 radical (unpaired) electrons. The zero-order valence-electron chi connectivity index (χ0n) is 14.3. The Bertz CT molecular complexity index is 1030. The van der Waals surface area contributed by atoms with Crippen LogP contribution in [0, 0.1) is 10.1 Å².